The zero-order valence-corrected chi connectivity index (χ0v) is 30.1. The average Bonchev–Trinajstić information content (AvgIpc) is 3.31. The number of esters is 3. The molecule has 46 heavy (non-hydrogen) atoms. The molecule has 0 aliphatic rings. The molecule has 0 bridgehead atoms. The number of rotatable bonds is 15. The Morgan fingerprint density at radius 2 is 1.43 bits per heavy atom. The van der Waals surface area contributed by atoms with E-state index in [1.807, 2.05) is 39.2 Å². The van der Waals surface area contributed by atoms with Crippen molar-refractivity contribution in [3.8, 4) is 0 Å². The van der Waals surface area contributed by atoms with Crippen molar-refractivity contribution in [3.63, 3.8) is 0 Å². The quantitative estimate of drug-likeness (QED) is 0.164. The summed E-state index contributed by atoms with van der Waals surface area (Å²) in [6.07, 6.45) is 1.88. The van der Waals surface area contributed by atoms with Gasteiger partial charge >= 0.3 is 17.9 Å². The summed E-state index contributed by atoms with van der Waals surface area (Å²) in [4.78, 5) is 56.4. The van der Waals surface area contributed by atoms with E-state index in [0.717, 1.165) is 5.56 Å². The van der Waals surface area contributed by atoms with Crippen LogP contribution in [-0.4, -0.2) is 57.7 Å². The van der Waals surface area contributed by atoms with Crippen LogP contribution in [-0.2, 0) is 46.4 Å². The SMILES string of the molecule is CC(C)C[C@H](N[C@@H](Cc1cncn1Cc1cc(Cl)cc(Cl)c1)C(=O)OC(C)CC(=O)C(C)(C)C)C(=O)OC(C)OC(=O)C(C)(C)C. The van der Waals surface area contributed by atoms with Crippen molar-refractivity contribution in [1.29, 1.82) is 0 Å². The Kier molecular flexibility index (Phi) is 14.3. The van der Waals surface area contributed by atoms with Crippen LogP contribution in [0.5, 0.6) is 0 Å². The van der Waals surface area contributed by atoms with Crippen LogP contribution in [0.25, 0.3) is 0 Å². The Bertz CT molecular complexity index is 1340. The van der Waals surface area contributed by atoms with Gasteiger partial charge < -0.3 is 18.8 Å². The molecule has 10 nitrogen and oxygen atoms in total. The molecule has 1 heterocycles. The number of ether oxygens (including phenoxy) is 3. The summed E-state index contributed by atoms with van der Waals surface area (Å²) in [5.41, 5.74) is 0.134. The molecule has 256 valence electrons. The highest BCUT2D eigenvalue weighted by Gasteiger charge is 2.34. The third-order valence-electron chi connectivity index (χ3n) is 6.96. The first kappa shape index (κ1) is 39.2. The molecular weight excluding hydrogens is 633 g/mol. The number of ketones is 1. The molecule has 0 aliphatic carbocycles. The normalized spacial score (nSPS) is 14.7. The van der Waals surface area contributed by atoms with E-state index in [0.29, 0.717) is 28.7 Å². The predicted octanol–water partition coefficient (Wildman–Crippen LogP) is 6.57. The van der Waals surface area contributed by atoms with Crippen molar-refractivity contribution < 1.29 is 33.4 Å². The molecule has 1 N–H and O–H groups in total. The Morgan fingerprint density at radius 3 is 1.98 bits per heavy atom. The molecule has 1 aromatic heterocycles. The minimum atomic E-state index is -1.14. The highest BCUT2D eigenvalue weighted by molar-refractivity contribution is 6.34. The molecule has 0 fully saturated rings. The lowest BCUT2D eigenvalue weighted by molar-refractivity contribution is -0.192. The van der Waals surface area contributed by atoms with Gasteiger partial charge in [0.05, 0.1) is 11.7 Å². The Morgan fingerprint density at radius 1 is 0.848 bits per heavy atom. The molecule has 0 aliphatic heterocycles. The predicted molar refractivity (Wildman–Crippen MR) is 177 cm³/mol. The zero-order chi connectivity index (χ0) is 35.0. The summed E-state index contributed by atoms with van der Waals surface area (Å²) in [7, 11) is 0. The average molecular weight is 683 g/mol. The van der Waals surface area contributed by atoms with Crippen LogP contribution >= 0.6 is 23.2 Å². The first-order valence-electron chi connectivity index (χ1n) is 15.5. The number of nitrogens with one attached hydrogen (secondary N) is 1. The number of halogens is 2. The molecule has 1 aromatic carbocycles. The minimum absolute atomic E-state index is 0.0376. The molecule has 0 radical (unpaired) electrons. The third-order valence-corrected chi connectivity index (χ3v) is 7.40. The van der Waals surface area contributed by atoms with Crippen molar-refractivity contribution in [3.05, 3.63) is 52.0 Å². The van der Waals surface area contributed by atoms with Crippen LogP contribution in [0.4, 0.5) is 0 Å². The number of Topliss-reactive ketones (excluding diaryl/α,β-unsaturated/α-hetero) is 1. The zero-order valence-electron chi connectivity index (χ0n) is 28.6. The lowest BCUT2D eigenvalue weighted by atomic mass is 9.88. The van der Waals surface area contributed by atoms with Crippen LogP contribution in [0.15, 0.2) is 30.7 Å². The number of nitrogens with zero attached hydrogens (tertiary/aromatic N) is 2. The maximum absolute atomic E-state index is 13.7. The molecule has 2 unspecified atom stereocenters. The van der Waals surface area contributed by atoms with Crippen molar-refractivity contribution in [2.75, 3.05) is 0 Å². The number of carbonyl (C=O) groups excluding carboxylic acids is 4. The summed E-state index contributed by atoms with van der Waals surface area (Å²) < 4.78 is 18.4. The number of imidazole rings is 1. The number of aromatic nitrogens is 2. The molecule has 0 amide bonds. The Labute approximate surface area is 282 Å². The van der Waals surface area contributed by atoms with Crippen LogP contribution < -0.4 is 5.32 Å². The molecule has 12 heteroatoms. The van der Waals surface area contributed by atoms with Crippen molar-refractivity contribution in [2.24, 2.45) is 16.7 Å². The van der Waals surface area contributed by atoms with Crippen LogP contribution in [0, 0.1) is 16.7 Å². The van der Waals surface area contributed by atoms with Gasteiger partial charge in [0.25, 0.3) is 0 Å². The van der Waals surface area contributed by atoms with E-state index < -0.39 is 53.2 Å². The number of carbonyl (C=O) groups is 4. The standard InChI is InChI=1S/C34H49Cl2N3O7/c1-20(2)11-27(31(42)45-22(4)46-32(43)34(8,9)10)38-28(30(41)44-21(3)12-29(40)33(5,6)7)16-26-17-37-19-39(26)18-23-13-24(35)15-25(36)14-23/h13-15,17,19-22,27-28,38H,11-12,16,18H2,1-10H3/t21?,22?,27-,28-/m0/s1. The maximum atomic E-state index is 13.7. The first-order valence-corrected chi connectivity index (χ1v) is 16.3. The van der Waals surface area contributed by atoms with Gasteiger partial charge in [-0.15, -0.1) is 0 Å². The lowest BCUT2D eigenvalue weighted by Gasteiger charge is -2.28. The van der Waals surface area contributed by atoms with Gasteiger partial charge in [0.2, 0.25) is 6.29 Å². The van der Waals surface area contributed by atoms with Crippen molar-refractivity contribution >= 4 is 46.9 Å². The Balaban J connectivity index is 2.36. The molecular formula is C34H49Cl2N3O7. The summed E-state index contributed by atoms with van der Waals surface area (Å²) in [5.74, 6) is -1.85. The Hall–Kier alpha value is -2.95. The van der Waals surface area contributed by atoms with E-state index in [4.69, 9.17) is 37.4 Å². The van der Waals surface area contributed by atoms with Gasteiger partial charge in [-0.25, -0.2) is 4.98 Å². The number of benzene rings is 1. The lowest BCUT2D eigenvalue weighted by Crippen LogP contribution is -2.51. The van der Waals surface area contributed by atoms with E-state index in [1.165, 1.54) is 6.92 Å². The second-order valence-corrected chi connectivity index (χ2v) is 15.1. The first-order chi connectivity index (χ1) is 21.1. The van der Waals surface area contributed by atoms with Gasteiger partial charge in [0.15, 0.2) is 0 Å². The summed E-state index contributed by atoms with van der Waals surface area (Å²) in [5, 5.41) is 4.13. The number of hydrogen-bond donors (Lipinski definition) is 1. The van der Waals surface area contributed by atoms with Gasteiger partial charge in [-0.2, -0.15) is 0 Å². The maximum Gasteiger partial charge on any atom is 0.326 e. The van der Waals surface area contributed by atoms with Gasteiger partial charge in [-0.3, -0.25) is 24.5 Å². The molecule has 0 spiro atoms. The third kappa shape index (κ3) is 13.0. The molecule has 4 atom stereocenters. The summed E-state index contributed by atoms with van der Waals surface area (Å²) in [6, 6.07) is 3.26. The molecule has 2 aromatic rings. The smallest absolute Gasteiger partial charge is 0.326 e. The van der Waals surface area contributed by atoms with Gasteiger partial charge in [0, 0.05) is 53.7 Å². The van der Waals surface area contributed by atoms with Gasteiger partial charge in [-0.05, 0) is 63.8 Å². The highest BCUT2D eigenvalue weighted by atomic mass is 35.5. The van der Waals surface area contributed by atoms with E-state index in [2.05, 4.69) is 10.3 Å². The summed E-state index contributed by atoms with van der Waals surface area (Å²) in [6.45, 7) is 17.9. The van der Waals surface area contributed by atoms with Crippen molar-refractivity contribution in [1.82, 2.24) is 14.9 Å². The van der Waals surface area contributed by atoms with Gasteiger partial charge in [0.1, 0.15) is 24.0 Å². The van der Waals surface area contributed by atoms with E-state index in [1.54, 1.807) is 58.4 Å². The van der Waals surface area contributed by atoms with E-state index in [-0.39, 0.29) is 24.5 Å². The van der Waals surface area contributed by atoms with Crippen molar-refractivity contribution in [2.45, 2.75) is 120 Å². The van der Waals surface area contributed by atoms with E-state index in [9.17, 15) is 19.2 Å². The molecule has 2 rings (SSSR count). The number of hydrogen-bond acceptors (Lipinski definition) is 9. The second-order valence-electron chi connectivity index (χ2n) is 14.2. The summed E-state index contributed by atoms with van der Waals surface area (Å²) >= 11 is 12.4. The second kappa shape index (κ2) is 16.7. The highest BCUT2D eigenvalue weighted by Crippen LogP contribution is 2.22. The van der Waals surface area contributed by atoms with Crippen LogP contribution in [0.1, 0.15) is 93.3 Å². The molecule has 0 saturated carbocycles. The fraction of sp³-hybridized carbons (Fsp3) is 0.618. The fourth-order valence-electron chi connectivity index (χ4n) is 4.41. The monoisotopic (exact) mass is 681 g/mol. The van der Waals surface area contributed by atoms with Crippen LogP contribution in [0.3, 0.4) is 0 Å². The molecule has 0 saturated heterocycles. The van der Waals surface area contributed by atoms with E-state index >= 15 is 0 Å². The van der Waals surface area contributed by atoms with Crippen LogP contribution in [0.2, 0.25) is 10.0 Å². The fourth-order valence-corrected chi connectivity index (χ4v) is 4.98. The largest absolute Gasteiger partial charge is 0.461 e. The topological polar surface area (TPSA) is 126 Å². The van der Waals surface area contributed by atoms with Gasteiger partial charge in [-0.1, -0.05) is 57.8 Å². The minimum Gasteiger partial charge on any atom is -0.461 e.